The molecule has 1 N–H and O–H groups in total. The van der Waals surface area contributed by atoms with E-state index in [1.807, 2.05) is 84.9 Å². The number of nitrogens with zero attached hydrogens (tertiary/aromatic N) is 5. The number of amides is 1. The maximum absolute atomic E-state index is 12.1. The molecule has 0 spiro atoms. The summed E-state index contributed by atoms with van der Waals surface area (Å²) in [6.07, 6.45) is 1.55. The molecule has 0 aliphatic heterocycles. The molecular weight excluding hydrogens is 392 g/mol. The summed E-state index contributed by atoms with van der Waals surface area (Å²) in [4.78, 5) is 13.3. The molecule has 1 amide bonds. The third kappa shape index (κ3) is 5.83. The van der Waals surface area contributed by atoms with Crippen molar-refractivity contribution in [2.45, 2.75) is 13.2 Å². The molecule has 8 nitrogen and oxygen atoms in total. The first kappa shape index (κ1) is 20.0. The quantitative estimate of drug-likeness (QED) is 0.355. The Morgan fingerprint density at radius 2 is 1.77 bits per heavy atom. The summed E-state index contributed by atoms with van der Waals surface area (Å²) < 4.78 is 5.80. The molecule has 3 aromatic carbocycles. The molecule has 1 heterocycles. The molecule has 8 heteroatoms. The third-order valence-electron chi connectivity index (χ3n) is 4.28. The van der Waals surface area contributed by atoms with Crippen LogP contribution in [-0.2, 0) is 17.9 Å². The summed E-state index contributed by atoms with van der Waals surface area (Å²) in [7, 11) is 0. The lowest BCUT2D eigenvalue weighted by atomic mass is 10.2. The summed E-state index contributed by atoms with van der Waals surface area (Å²) in [5.41, 5.74) is 5.19. The van der Waals surface area contributed by atoms with Gasteiger partial charge in [0.2, 0.25) is 5.82 Å². The van der Waals surface area contributed by atoms with Gasteiger partial charge in [0, 0.05) is 5.56 Å². The number of nitrogens with one attached hydrogen (secondary N) is 1. The number of ether oxygens (including phenoxy) is 1. The molecule has 1 aromatic heterocycles. The van der Waals surface area contributed by atoms with Crippen molar-refractivity contribution in [1.29, 1.82) is 0 Å². The van der Waals surface area contributed by atoms with Crippen LogP contribution in [0.4, 0.5) is 0 Å². The van der Waals surface area contributed by atoms with Crippen LogP contribution in [-0.4, -0.2) is 32.3 Å². The van der Waals surface area contributed by atoms with E-state index in [4.69, 9.17) is 4.74 Å². The Labute approximate surface area is 179 Å². The second kappa shape index (κ2) is 9.93. The van der Waals surface area contributed by atoms with Crippen molar-refractivity contribution in [3.05, 3.63) is 96.1 Å². The minimum absolute atomic E-state index is 0.0859. The SMILES string of the molecule is O=C(Cn1nnc(-c2ccccc2)n1)N/N=C\c1cccc(OCc2ccccc2)c1. The summed E-state index contributed by atoms with van der Waals surface area (Å²) in [6.45, 7) is 0.394. The van der Waals surface area contributed by atoms with Gasteiger partial charge in [0.05, 0.1) is 6.21 Å². The smallest absolute Gasteiger partial charge is 0.263 e. The first-order chi connectivity index (χ1) is 15.3. The number of rotatable bonds is 8. The van der Waals surface area contributed by atoms with E-state index in [1.54, 1.807) is 6.21 Å². The van der Waals surface area contributed by atoms with E-state index in [9.17, 15) is 4.79 Å². The van der Waals surface area contributed by atoms with Gasteiger partial charge in [-0.15, -0.1) is 10.2 Å². The summed E-state index contributed by atoms with van der Waals surface area (Å²) in [5.74, 6) is 0.827. The van der Waals surface area contributed by atoms with E-state index < -0.39 is 0 Å². The van der Waals surface area contributed by atoms with Crippen molar-refractivity contribution in [2.24, 2.45) is 5.10 Å². The van der Waals surface area contributed by atoms with Gasteiger partial charge in [-0.25, -0.2) is 5.43 Å². The molecule has 0 bridgehead atoms. The number of carbonyl (C=O) groups is 1. The van der Waals surface area contributed by atoms with Crippen LogP contribution in [0.1, 0.15) is 11.1 Å². The minimum atomic E-state index is -0.357. The van der Waals surface area contributed by atoms with Crippen LogP contribution in [0.5, 0.6) is 5.75 Å². The normalized spacial score (nSPS) is 10.8. The van der Waals surface area contributed by atoms with Crippen molar-refractivity contribution < 1.29 is 9.53 Å². The van der Waals surface area contributed by atoms with Gasteiger partial charge in [0.25, 0.3) is 5.91 Å². The lowest BCUT2D eigenvalue weighted by Gasteiger charge is -2.06. The van der Waals surface area contributed by atoms with E-state index in [-0.39, 0.29) is 12.5 Å². The summed E-state index contributed by atoms with van der Waals surface area (Å²) in [5, 5.41) is 16.1. The molecule has 0 atom stereocenters. The van der Waals surface area contributed by atoms with E-state index >= 15 is 0 Å². The van der Waals surface area contributed by atoms with Crippen LogP contribution >= 0.6 is 0 Å². The number of aromatic nitrogens is 4. The van der Waals surface area contributed by atoms with E-state index in [2.05, 4.69) is 25.9 Å². The predicted octanol–water partition coefficient (Wildman–Crippen LogP) is 3.07. The average molecular weight is 412 g/mol. The Morgan fingerprint density at radius 1 is 1.00 bits per heavy atom. The van der Waals surface area contributed by atoms with Crippen LogP contribution in [0, 0.1) is 0 Å². The maximum Gasteiger partial charge on any atom is 0.263 e. The molecule has 31 heavy (non-hydrogen) atoms. The number of benzene rings is 3. The Kier molecular flexibility index (Phi) is 6.39. The van der Waals surface area contributed by atoms with Crippen molar-refractivity contribution in [3.8, 4) is 17.1 Å². The van der Waals surface area contributed by atoms with Gasteiger partial charge < -0.3 is 4.74 Å². The van der Waals surface area contributed by atoms with Crippen LogP contribution < -0.4 is 10.2 Å². The lowest BCUT2D eigenvalue weighted by molar-refractivity contribution is -0.122. The standard InChI is InChI=1S/C23H20N6O2/c30-22(16-29-27-23(26-28-29)20-11-5-2-6-12-20)25-24-15-19-10-7-13-21(14-19)31-17-18-8-3-1-4-9-18/h1-15H,16-17H2,(H,25,30)/b24-15-. The molecule has 0 radical (unpaired) electrons. The fourth-order valence-electron chi connectivity index (χ4n) is 2.78. The summed E-state index contributed by atoms with van der Waals surface area (Å²) in [6, 6.07) is 26.8. The number of hydrogen-bond acceptors (Lipinski definition) is 6. The second-order valence-electron chi connectivity index (χ2n) is 6.65. The lowest BCUT2D eigenvalue weighted by Crippen LogP contribution is -2.24. The Bertz CT molecular complexity index is 1160. The Morgan fingerprint density at radius 3 is 2.58 bits per heavy atom. The first-order valence-electron chi connectivity index (χ1n) is 9.68. The van der Waals surface area contributed by atoms with Gasteiger partial charge >= 0.3 is 0 Å². The van der Waals surface area contributed by atoms with Gasteiger partial charge in [-0.1, -0.05) is 72.8 Å². The van der Waals surface area contributed by atoms with Gasteiger partial charge in [0.15, 0.2) is 0 Å². The molecule has 4 rings (SSSR count). The second-order valence-corrected chi connectivity index (χ2v) is 6.65. The van der Waals surface area contributed by atoms with Crippen LogP contribution in [0.3, 0.4) is 0 Å². The molecule has 0 saturated heterocycles. The highest BCUT2D eigenvalue weighted by Crippen LogP contribution is 2.14. The van der Waals surface area contributed by atoms with Crippen molar-refractivity contribution in [1.82, 2.24) is 25.6 Å². The average Bonchev–Trinajstić information content (AvgIpc) is 3.28. The zero-order valence-corrected chi connectivity index (χ0v) is 16.6. The van der Waals surface area contributed by atoms with Gasteiger partial charge in [-0.05, 0) is 28.5 Å². The molecule has 0 unspecified atom stereocenters. The highest BCUT2D eigenvalue weighted by Gasteiger charge is 2.08. The molecule has 4 aromatic rings. The summed E-state index contributed by atoms with van der Waals surface area (Å²) >= 11 is 0. The van der Waals surface area contributed by atoms with Crippen LogP contribution in [0.15, 0.2) is 90.0 Å². The van der Waals surface area contributed by atoms with Gasteiger partial charge in [0.1, 0.15) is 18.9 Å². The third-order valence-corrected chi connectivity index (χ3v) is 4.28. The number of hydrogen-bond donors (Lipinski definition) is 1. The van der Waals surface area contributed by atoms with Crippen molar-refractivity contribution in [2.75, 3.05) is 0 Å². The number of tetrazole rings is 1. The maximum atomic E-state index is 12.1. The first-order valence-corrected chi connectivity index (χ1v) is 9.68. The Hall–Kier alpha value is -4.33. The molecule has 0 aliphatic rings. The van der Waals surface area contributed by atoms with E-state index in [0.717, 1.165) is 22.4 Å². The molecule has 0 fully saturated rings. The van der Waals surface area contributed by atoms with Crippen LogP contribution in [0.2, 0.25) is 0 Å². The molecule has 0 aliphatic carbocycles. The highest BCUT2D eigenvalue weighted by atomic mass is 16.5. The molecule has 0 saturated carbocycles. The minimum Gasteiger partial charge on any atom is -0.489 e. The number of carbonyl (C=O) groups excluding carboxylic acids is 1. The topological polar surface area (TPSA) is 94.3 Å². The fourth-order valence-corrected chi connectivity index (χ4v) is 2.78. The zero-order chi connectivity index (χ0) is 21.3. The largest absolute Gasteiger partial charge is 0.489 e. The highest BCUT2D eigenvalue weighted by molar-refractivity contribution is 5.82. The monoisotopic (exact) mass is 412 g/mol. The van der Waals surface area contributed by atoms with Gasteiger partial charge in [-0.2, -0.15) is 9.90 Å². The van der Waals surface area contributed by atoms with Crippen molar-refractivity contribution >= 4 is 12.1 Å². The number of hydrazone groups is 1. The molecular formula is C23H20N6O2. The molecule has 154 valence electrons. The van der Waals surface area contributed by atoms with Crippen molar-refractivity contribution in [3.63, 3.8) is 0 Å². The Balaban J connectivity index is 1.28. The predicted molar refractivity (Wildman–Crippen MR) is 116 cm³/mol. The van der Waals surface area contributed by atoms with Gasteiger partial charge in [-0.3, -0.25) is 4.79 Å². The van der Waals surface area contributed by atoms with Crippen LogP contribution in [0.25, 0.3) is 11.4 Å². The van der Waals surface area contributed by atoms with E-state index in [0.29, 0.717) is 12.4 Å². The van der Waals surface area contributed by atoms with E-state index in [1.165, 1.54) is 4.80 Å². The zero-order valence-electron chi connectivity index (χ0n) is 16.6. The fraction of sp³-hybridized carbons (Fsp3) is 0.0870.